The number of halogens is 1. The van der Waals surface area contributed by atoms with Crippen molar-refractivity contribution in [3.63, 3.8) is 0 Å². The fraction of sp³-hybridized carbons (Fsp3) is 0.200. The molecule has 1 aliphatic rings. The van der Waals surface area contributed by atoms with Crippen molar-refractivity contribution in [2.24, 2.45) is 0 Å². The van der Waals surface area contributed by atoms with Crippen LogP contribution in [-0.2, 0) is 4.79 Å². The maximum Gasteiger partial charge on any atom is 0.247 e. The molecule has 10 heteroatoms. The van der Waals surface area contributed by atoms with Crippen molar-refractivity contribution in [2.75, 3.05) is 48.8 Å². The first-order valence-electron chi connectivity index (χ1n) is 11.2. The Labute approximate surface area is 201 Å². The lowest BCUT2D eigenvalue weighted by Crippen LogP contribution is -2.44. The Hall–Kier alpha value is -4.31. The molecule has 5 rings (SSSR count). The largest absolute Gasteiger partial charge is 0.369 e. The molecule has 35 heavy (non-hydrogen) atoms. The van der Waals surface area contributed by atoms with Crippen LogP contribution < -0.4 is 15.5 Å². The van der Waals surface area contributed by atoms with Gasteiger partial charge >= 0.3 is 0 Å². The fourth-order valence-corrected chi connectivity index (χ4v) is 3.92. The van der Waals surface area contributed by atoms with Gasteiger partial charge in [-0.3, -0.25) is 4.79 Å². The molecule has 1 aliphatic heterocycles. The van der Waals surface area contributed by atoms with E-state index in [0.29, 0.717) is 28.0 Å². The van der Waals surface area contributed by atoms with Gasteiger partial charge in [-0.15, -0.1) is 0 Å². The standard InChI is InChI=1S/C25H24FN7O2/c1-3-22(34)28-17-6-4-5-16(13-17)24-23-21(31-35-24)15-27-25(30-23)29-20-8-7-18(14-19(20)26)33-11-9-32(2)10-12-33/h3-8,13-15H,1,9-12H2,2H3,(H,28,34)(H,29,30). The number of aromatic nitrogens is 3. The number of amides is 1. The highest BCUT2D eigenvalue weighted by Gasteiger charge is 2.18. The summed E-state index contributed by atoms with van der Waals surface area (Å²) in [6.45, 7) is 7.06. The molecule has 0 bridgehead atoms. The van der Waals surface area contributed by atoms with E-state index in [4.69, 9.17) is 4.52 Å². The molecule has 0 saturated carbocycles. The highest BCUT2D eigenvalue weighted by molar-refractivity contribution is 5.99. The minimum Gasteiger partial charge on any atom is -0.369 e. The molecule has 0 aliphatic carbocycles. The van der Waals surface area contributed by atoms with Gasteiger partial charge in [-0.2, -0.15) is 0 Å². The van der Waals surface area contributed by atoms with Crippen LogP contribution in [0.3, 0.4) is 0 Å². The Kier molecular flexibility index (Phi) is 6.11. The van der Waals surface area contributed by atoms with Gasteiger partial charge in [0.1, 0.15) is 11.3 Å². The van der Waals surface area contributed by atoms with Crippen molar-refractivity contribution < 1.29 is 13.7 Å². The molecule has 0 spiro atoms. The van der Waals surface area contributed by atoms with E-state index in [9.17, 15) is 9.18 Å². The second-order valence-corrected chi connectivity index (χ2v) is 8.29. The van der Waals surface area contributed by atoms with Crippen molar-refractivity contribution in [3.05, 3.63) is 67.1 Å². The number of anilines is 4. The van der Waals surface area contributed by atoms with Crippen LogP contribution in [0.15, 0.2) is 65.8 Å². The number of benzene rings is 2. The van der Waals surface area contributed by atoms with Gasteiger partial charge in [0, 0.05) is 43.1 Å². The summed E-state index contributed by atoms with van der Waals surface area (Å²) in [7, 11) is 2.08. The number of piperazine rings is 1. The molecule has 2 aromatic carbocycles. The van der Waals surface area contributed by atoms with E-state index < -0.39 is 0 Å². The molecule has 2 N–H and O–H groups in total. The number of carbonyl (C=O) groups is 1. The average molecular weight is 474 g/mol. The highest BCUT2D eigenvalue weighted by atomic mass is 19.1. The predicted molar refractivity (Wildman–Crippen MR) is 133 cm³/mol. The normalized spacial score (nSPS) is 14.2. The predicted octanol–water partition coefficient (Wildman–Crippen LogP) is 4.04. The number of likely N-dealkylation sites (N-methyl/N-ethyl adjacent to an activating group) is 1. The molecule has 178 valence electrons. The summed E-state index contributed by atoms with van der Waals surface area (Å²) in [5.74, 6) is -0.0873. The van der Waals surface area contributed by atoms with Crippen LogP contribution >= 0.6 is 0 Å². The summed E-state index contributed by atoms with van der Waals surface area (Å²) < 4.78 is 20.4. The number of hydrogen-bond donors (Lipinski definition) is 2. The third kappa shape index (κ3) is 4.82. The minimum atomic E-state index is -0.388. The molecule has 2 aromatic heterocycles. The Morgan fingerprint density at radius 3 is 2.77 bits per heavy atom. The van der Waals surface area contributed by atoms with Crippen LogP contribution in [0.25, 0.3) is 22.4 Å². The van der Waals surface area contributed by atoms with Crippen LogP contribution in [0.2, 0.25) is 0 Å². The lowest BCUT2D eigenvalue weighted by atomic mass is 10.1. The third-order valence-electron chi connectivity index (χ3n) is 5.87. The van der Waals surface area contributed by atoms with Crippen LogP contribution in [-0.4, -0.2) is 59.2 Å². The zero-order valence-electron chi connectivity index (χ0n) is 19.2. The summed E-state index contributed by atoms with van der Waals surface area (Å²) in [6, 6.07) is 12.2. The van der Waals surface area contributed by atoms with Crippen molar-refractivity contribution in [1.29, 1.82) is 0 Å². The van der Waals surface area contributed by atoms with Gasteiger partial charge in [0.25, 0.3) is 0 Å². The second kappa shape index (κ2) is 9.51. The van der Waals surface area contributed by atoms with Gasteiger partial charge in [0.05, 0.1) is 11.9 Å². The Morgan fingerprint density at radius 2 is 2.00 bits per heavy atom. The monoisotopic (exact) mass is 473 g/mol. The van der Waals surface area contributed by atoms with Crippen molar-refractivity contribution in [1.82, 2.24) is 20.0 Å². The molecular weight excluding hydrogens is 449 g/mol. The maximum atomic E-state index is 14.9. The topological polar surface area (TPSA) is 99.4 Å². The van der Waals surface area contributed by atoms with E-state index in [1.807, 2.05) is 12.1 Å². The van der Waals surface area contributed by atoms with Crippen LogP contribution in [0.4, 0.5) is 27.4 Å². The van der Waals surface area contributed by atoms with Gasteiger partial charge in [-0.25, -0.2) is 14.4 Å². The van der Waals surface area contributed by atoms with Gasteiger partial charge < -0.3 is 25.0 Å². The second-order valence-electron chi connectivity index (χ2n) is 8.29. The molecule has 1 saturated heterocycles. The smallest absolute Gasteiger partial charge is 0.247 e. The quantitative estimate of drug-likeness (QED) is 0.405. The van der Waals surface area contributed by atoms with Crippen LogP contribution in [0.5, 0.6) is 0 Å². The Balaban J connectivity index is 1.39. The Bertz CT molecular complexity index is 1400. The third-order valence-corrected chi connectivity index (χ3v) is 5.87. The van der Waals surface area contributed by atoms with E-state index >= 15 is 0 Å². The van der Waals surface area contributed by atoms with Crippen molar-refractivity contribution in [2.45, 2.75) is 0 Å². The van der Waals surface area contributed by atoms with Crippen molar-refractivity contribution in [3.8, 4) is 11.3 Å². The van der Waals surface area contributed by atoms with Crippen LogP contribution in [0.1, 0.15) is 0 Å². The first-order chi connectivity index (χ1) is 17.0. The SMILES string of the molecule is C=CC(=O)Nc1cccc(-c2onc3cnc(Nc4ccc(N5CCN(C)CC5)cc4F)nc23)c1. The summed E-state index contributed by atoms with van der Waals surface area (Å²) in [5, 5.41) is 9.69. The number of rotatable bonds is 6. The summed E-state index contributed by atoms with van der Waals surface area (Å²) >= 11 is 0. The summed E-state index contributed by atoms with van der Waals surface area (Å²) in [5.41, 5.74) is 3.28. The zero-order chi connectivity index (χ0) is 24.4. The average Bonchev–Trinajstić information content (AvgIpc) is 3.29. The van der Waals surface area contributed by atoms with E-state index in [2.05, 4.69) is 49.2 Å². The molecule has 1 amide bonds. The van der Waals surface area contributed by atoms with E-state index in [1.165, 1.54) is 18.3 Å². The Morgan fingerprint density at radius 1 is 1.17 bits per heavy atom. The molecule has 1 fully saturated rings. The number of hydrogen-bond acceptors (Lipinski definition) is 8. The molecule has 0 radical (unpaired) electrons. The molecule has 0 unspecified atom stereocenters. The number of nitrogens with one attached hydrogen (secondary N) is 2. The van der Waals surface area contributed by atoms with E-state index in [0.717, 1.165) is 31.9 Å². The molecule has 3 heterocycles. The minimum absolute atomic E-state index is 0.212. The van der Waals surface area contributed by atoms with Gasteiger partial charge in [-0.05, 0) is 43.5 Å². The first kappa shape index (κ1) is 22.5. The van der Waals surface area contributed by atoms with E-state index in [-0.39, 0.29) is 23.4 Å². The first-order valence-corrected chi connectivity index (χ1v) is 11.2. The van der Waals surface area contributed by atoms with Crippen molar-refractivity contribution >= 4 is 40.0 Å². The lowest BCUT2D eigenvalue weighted by Gasteiger charge is -2.34. The van der Waals surface area contributed by atoms with E-state index in [1.54, 1.807) is 24.3 Å². The molecular formula is C25H24FN7O2. The molecule has 0 atom stereocenters. The zero-order valence-corrected chi connectivity index (χ0v) is 19.2. The lowest BCUT2D eigenvalue weighted by molar-refractivity contribution is -0.111. The van der Waals surface area contributed by atoms with Gasteiger partial charge in [0.2, 0.25) is 11.9 Å². The number of nitrogens with zero attached hydrogens (tertiary/aromatic N) is 5. The van der Waals surface area contributed by atoms with Gasteiger partial charge in [0.15, 0.2) is 11.3 Å². The highest BCUT2D eigenvalue weighted by Crippen LogP contribution is 2.30. The van der Waals surface area contributed by atoms with Gasteiger partial charge in [-0.1, -0.05) is 23.9 Å². The fourth-order valence-electron chi connectivity index (χ4n) is 3.92. The van der Waals surface area contributed by atoms with Crippen LogP contribution in [0, 0.1) is 5.82 Å². The summed E-state index contributed by atoms with van der Waals surface area (Å²) in [6.07, 6.45) is 2.70. The summed E-state index contributed by atoms with van der Waals surface area (Å²) in [4.78, 5) is 24.8. The number of carbonyl (C=O) groups excluding carboxylic acids is 1. The maximum absolute atomic E-state index is 14.9. The number of fused-ring (bicyclic) bond motifs is 1. The molecule has 9 nitrogen and oxygen atoms in total. The molecule has 4 aromatic rings.